The molecule has 406 valence electrons. The summed E-state index contributed by atoms with van der Waals surface area (Å²) in [5, 5.41) is 24.9. The first-order valence-electron chi connectivity index (χ1n) is 28.4. The molecule has 0 aromatic carbocycles. The van der Waals surface area contributed by atoms with Crippen LogP contribution in [0.4, 0.5) is 22.0 Å². The Morgan fingerprint density at radius 1 is 0.329 bits per heavy atom. The van der Waals surface area contributed by atoms with Gasteiger partial charge in [0.2, 0.25) is 0 Å². The summed E-state index contributed by atoms with van der Waals surface area (Å²) in [6.45, 7) is 1.95. The number of aryl methyl sites for hydroxylation is 1. The molecule has 10 unspecified atom stereocenters. The smallest absolute Gasteiger partial charge is 0.157 e. The Morgan fingerprint density at radius 3 is 0.882 bits per heavy atom. The van der Waals surface area contributed by atoms with Crippen molar-refractivity contribution in [3.8, 4) is 0 Å². The summed E-state index contributed by atoms with van der Waals surface area (Å²) in [5.74, 6) is 0. The number of rotatable bonds is 5. The van der Waals surface area contributed by atoms with E-state index in [0.717, 1.165) is 69.8 Å². The topological polar surface area (TPSA) is 137 Å². The van der Waals surface area contributed by atoms with Crippen LogP contribution in [-0.4, -0.2) is 90.6 Å². The lowest BCUT2D eigenvalue weighted by atomic mass is 9.84. The Kier molecular flexibility index (Phi) is 15.7. The van der Waals surface area contributed by atoms with Gasteiger partial charge in [-0.15, -0.1) is 0 Å². The monoisotopic (exact) mass is 1050 g/mol. The lowest BCUT2D eigenvalue weighted by Gasteiger charge is -2.35. The van der Waals surface area contributed by atoms with E-state index in [4.69, 9.17) is 0 Å². The van der Waals surface area contributed by atoms with Crippen LogP contribution in [0.2, 0.25) is 0 Å². The van der Waals surface area contributed by atoms with E-state index in [9.17, 15) is 17.6 Å². The average molecular weight is 1050 g/mol. The molecule has 0 saturated carbocycles. The number of alkyl halides is 5. The minimum atomic E-state index is -1.26. The van der Waals surface area contributed by atoms with Crippen LogP contribution in [0.15, 0.2) is 110 Å². The van der Waals surface area contributed by atoms with E-state index in [-0.39, 0.29) is 0 Å². The van der Waals surface area contributed by atoms with Gasteiger partial charge < -0.3 is 26.6 Å². The molecule has 0 aliphatic carbocycles. The van der Waals surface area contributed by atoms with Gasteiger partial charge in [-0.05, 0) is 131 Å². The molecule has 16 heteroatoms. The molecule has 10 atom stereocenters. The Labute approximate surface area is 445 Å². The van der Waals surface area contributed by atoms with E-state index in [2.05, 4.69) is 56.7 Å². The predicted molar refractivity (Wildman–Crippen MR) is 284 cm³/mol. The second-order valence-electron chi connectivity index (χ2n) is 24.0. The first kappa shape index (κ1) is 53.1. The third kappa shape index (κ3) is 12.1. The normalized spacial score (nSPS) is 38.9. The van der Waals surface area contributed by atoms with Gasteiger partial charge in [-0.3, -0.25) is 19.9 Å². The van der Waals surface area contributed by atoms with Crippen LogP contribution < -0.4 is 26.6 Å². The van der Waals surface area contributed by atoms with Gasteiger partial charge in [0.25, 0.3) is 0 Å². The maximum absolute atomic E-state index is 15.0. The summed E-state index contributed by atoms with van der Waals surface area (Å²) in [6, 6.07) is 27.4. The van der Waals surface area contributed by atoms with Crippen LogP contribution >= 0.6 is 0 Å². The van der Waals surface area contributed by atoms with Crippen LogP contribution in [0.25, 0.3) is 0 Å². The molecule has 11 nitrogen and oxygen atoms in total. The van der Waals surface area contributed by atoms with Gasteiger partial charge in [0.1, 0.15) is 5.69 Å². The van der Waals surface area contributed by atoms with Crippen molar-refractivity contribution in [2.45, 2.75) is 224 Å². The van der Waals surface area contributed by atoms with Gasteiger partial charge in [0.15, 0.2) is 28.3 Å². The van der Waals surface area contributed by atoms with Gasteiger partial charge in [0.05, 0.1) is 22.8 Å². The summed E-state index contributed by atoms with van der Waals surface area (Å²) in [6.07, 6.45) is 25.2. The largest absolute Gasteiger partial charge is 0.311 e. The molecule has 10 saturated heterocycles. The number of piperidine rings is 5. The number of hydrogen-bond acceptors (Lipinski definition) is 11. The molecule has 0 amide bonds. The van der Waals surface area contributed by atoms with Crippen LogP contribution in [0.3, 0.4) is 0 Å². The molecule has 15 rings (SSSR count). The predicted octanol–water partition coefficient (Wildman–Crippen LogP) is 10.5. The van der Waals surface area contributed by atoms with E-state index < -0.39 is 28.3 Å². The minimum absolute atomic E-state index is 0.329. The van der Waals surface area contributed by atoms with Crippen molar-refractivity contribution in [1.29, 1.82) is 0 Å². The second-order valence-corrected chi connectivity index (χ2v) is 24.0. The first-order chi connectivity index (χ1) is 36.7. The van der Waals surface area contributed by atoms with Crippen molar-refractivity contribution >= 4 is 0 Å². The maximum atomic E-state index is 15.0. The molecule has 15 heterocycles. The molecule has 5 N–H and O–H groups in total. The molecular formula is C60H76F5N11. The molecule has 0 radical (unpaired) electrons. The summed E-state index contributed by atoms with van der Waals surface area (Å²) >= 11 is 0. The van der Waals surface area contributed by atoms with Gasteiger partial charge in [-0.25, -0.2) is 22.0 Å². The van der Waals surface area contributed by atoms with Crippen molar-refractivity contribution in [1.82, 2.24) is 56.7 Å². The van der Waals surface area contributed by atoms with E-state index in [0.29, 0.717) is 153 Å². The van der Waals surface area contributed by atoms with Crippen LogP contribution in [0.5, 0.6) is 0 Å². The number of pyridine rings is 4. The molecule has 0 spiro atoms. The zero-order valence-electron chi connectivity index (χ0n) is 43.9. The van der Waals surface area contributed by atoms with E-state index >= 15 is 4.39 Å². The standard InChI is InChI=1S/C13H17FN2.3C12H15FN2.C11H14FN3/c1-9-3-2-6-15-12(9)13(14)7-10-4-5-11(8-13)16-10;3*13-12(11-3-1-2-6-14-11)7-9-4-5-10(8-12)15-9;12-11(10-2-1-5-13-15-10)6-8-3-4-9(7-11)14-8/h2-3,6,10-11,16H,4-5,7-8H2,1H3;3*1-3,6,9-10,15H,4-5,7-8H2;1-2,5,8-9,14H,3-4,6-7H2. The van der Waals surface area contributed by atoms with Crippen LogP contribution in [-0.2, 0) is 28.3 Å². The average Bonchev–Trinajstić information content (AvgIpc) is 4.26. The molecule has 10 fully saturated rings. The van der Waals surface area contributed by atoms with Crippen molar-refractivity contribution in [3.05, 3.63) is 144 Å². The lowest BCUT2D eigenvalue weighted by Crippen LogP contribution is -2.45. The molecule has 5 aromatic heterocycles. The molecule has 5 aromatic rings. The van der Waals surface area contributed by atoms with Gasteiger partial charge in [-0.1, -0.05) is 24.3 Å². The summed E-state index contributed by atoms with van der Waals surface area (Å²) in [7, 11) is 0. The van der Waals surface area contributed by atoms with Crippen molar-refractivity contribution < 1.29 is 22.0 Å². The summed E-state index contributed by atoms with van der Waals surface area (Å²) in [5.41, 5.74) is -2.07. The van der Waals surface area contributed by atoms with E-state index in [1.54, 1.807) is 43.1 Å². The lowest BCUT2D eigenvalue weighted by molar-refractivity contribution is 0.0813. The number of aromatic nitrogens is 6. The zero-order chi connectivity index (χ0) is 52.4. The molecular weight excluding hydrogens is 970 g/mol. The summed E-state index contributed by atoms with van der Waals surface area (Å²) < 4.78 is 73.9. The second kappa shape index (κ2) is 22.5. The fourth-order valence-electron chi connectivity index (χ4n) is 14.9. The number of halogens is 5. The van der Waals surface area contributed by atoms with Crippen LogP contribution in [0, 0.1) is 6.92 Å². The molecule has 10 bridgehead atoms. The highest BCUT2D eigenvalue weighted by Gasteiger charge is 2.50. The summed E-state index contributed by atoms with van der Waals surface area (Å²) in [4.78, 5) is 16.8. The van der Waals surface area contributed by atoms with Crippen molar-refractivity contribution in [2.24, 2.45) is 0 Å². The van der Waals surface area contributed by atoms with Crippen molar-refractivity contribution in [3.63, 3.8) is 0 Å². The van der Waals surface area contributed by atoms with Gasteiger partial charge >= 0.3 is 0 Å². The van der Waals surface area contributed by atoms with Gasteiger partial charge in [-0.2, -0.15) is 10.2 Å². The zero-order valence-corrected chi connectivity index (χ0v) is 43.9. The first-order valence-corrected chi connectivity index (χ1v) is 28.4. The Balaban J connectivity index is 0.000000101. The Bertz CT molecular complexity index is 2310. The van der Waals surface area contributed by atoms with Gasteiger partial charge in [0, 0.05) is 156 Å². The van der Waals surface area contributed by atoms with E-state index in [1.807, 2.05) is 73.7 Å². The number of nitrogens with zero attached hydrogens (tertiary/aromatic N) is 6. The quantitative estimate of drug-likeness (QED) is 0.108. The highest BCUT2D eigenvalue weighted by molar-refractivity contribution is 5.27. The number of nitrogens with one attached hydrogen (secondary N) is 5. The SMILES string of the molecule is Cc1cccnc1C1(F)CC2CCC(C1)N2.FC1(c2ccccn2)CC2CCC(C1)N2.FC1(c2ccccn2)CC2CCC(C1)N2.FC1(c2ccccn2)CC2CCC(C1)N2.FC1(c2cccnn2)CC2CCC(C1)N2. The molecule has 10 aliphatic heterocycles. The third-order valence-corrected chi connectivity index (χ3v) is 18.2. The highest BCUT2D eigenvalue weighted by Crippen LogP contribution is 2.47. The Morgan fingerprint density at radius 2 is 0.605 bits per heavy atom. The van der Waals surface area contributed by atoms with E-state index in [1.165, 1.54) is 0 Å². The van der Waals surface area contributed by atoms with Crippen molar-refractivity contribution in [2.75, 3.05) is 0 Å². The highest BCUT2D eigenvalue weighted by atomic mass is 19.2. The third-order valence-electron chi connectivity index (χ3n) is 18.2. The molecule has 76 heavy (non-hydrogen) atoms. The number of fused-ring (bicyclic) bond motifs is 10. The Hall–Kier alpha value is -4.87. The fourth-order valence-corrected chi connectivity index (χ4v) is 14.9. The van der Waals surface area contributed by atoms with Crippen LogP contribution in [0.1, 0.15) is 162 Å². The fraction of sp³-hybridized carbons (Fsp3) is 0.600. The molecule has 10 aliphatic rings. The maximum Gasteiger partial charge on any atom is 0.157 e. The number of hydrogen-bond donors (Lipinski definition) is 5. The minimum Gasteiger partial charge on any atom is -0.311 e.